The molecule has 0 bridgehead atoms. The lowest BCUT2D eigenvalue weighted by Crippen LogP contribution is -2.47. The van der Waals surface area contributed by atoms with Crippen molar-refractivity contribution in [2.75, 3.05) is 44.6 Å². The Hall–Kier alpha value is -1.43. The molecule has 0 radical (unpaired) electrons. The van der Waals surface area contributed by atoms with Crippen LogP contribution in [-0.2, 0) is 9.53 Å². The molecule has 5 heteroatoms. The number of anilines is 1. The fourth-order valence-electron chi connectivity index (χ4n) is 2.47. The summed E-state index contributed by atoms with van der Waals surface area (Å²) in [6.07, 6.45) is 0.172. The quantitative estimate of drug-likeness (QED) is 0.828. The largest absolute Gasteiger partial charge is 0.374 e. The van der Waals surface area contributed by atoms with Gasteiger partial charge in [0, 0.05) is 25.3 Å². The lowest BCUT2D eigenvalue weighted by atomic mass is 10.2. The van der Waals surface area contributed by atoms with E-state index in [0.29, 0.717) is 13.1 Å². The summed E-state index contributed by atoms with van der Waals surface area (Å²) >= 11 is 0. The summed E-state index contributed by atoms with van der Waals surface area (Å²) in [7, 11) is 0. The molecule has 2 N–H and O–H groups in total. The molecule has 2 rings (SSSR count). The topological polar surface area (TPSA) is 53.6 Å². The molecular formula is C16H25N3O2. The number of benzene rings is 1. The summed E-state index contributed by atoms with van der Waals surface area (Å²) in [5, 5.41) is 6.06. The van der Waals surface area contributed by atoms with E-state index in [2.05, 4.69) is 22.5 Å². The van der Waals surface area contributed by atoms with Crippen molar-refractivity contribution in [1.82, 2.24) is 10.2 Å². The Bertz CT molecular complexity index is 465. The highest BCUT2D eigenvalue weighted by Gasteiger charge is 2.18. The van der Waals surface area contributed by atoms with Crippen molar-refractivity contribution >= 4 is 11.6 Å². The molecule has 1 amide bonds. The fourth-order valence-corrected chi connectivity index (χ4v) is 2.47. The van der Waals surface area contributed by atoms with Crippen molar-refractivity contribution in [3.63, 3.8) is 0 Å². The van der Waals surface area contributed by atoms with Crippen molar-refractivity contribution in [3.8, 4) is 0 Å². The first-order valence-electron chi connectivity index (χ1n) is 7.58. The zero-order chi connectivity index (χ0) is 15.1. The Kier molecular flexibility index (Phi) is 6.17. The number of nitrogens with one attached hydrogen (secondary N) is 2. The molecule has 1 saturated heterocycles. The molecule has 0 aromatic heterocycles. The highest BCUT2D eigenvalue weighted by atomic mass is 16.5. The number of hydrogen-bond donors (Lipinski definition) is 2. The van der Waals surface area contributed by atoms with Crippen LogP contribution in [0, 0.1) is 6.92 Å². The number of nitrogens with zero attached hydrogens (tertiary/aromatic N) is 1. The average Bonchev–Trinajstić information content (AvgIpc) is 2.47. The van der Waals surface area contributed by atoms with Gasteiger partial charge in [-0.3, -0.25) is 9.69 Å². The summed E-state index contributed by atoms with van der Waals surface area (Å²) in [5.41, 5.74) is 1.98. The van der Waals surface area contributed by atoms with E-state index < -0.39 is 0 Å². The van der Waals surface area contributed by atoms with Gasteiger partial charge < -0.3 is 15.4 Å². The van der Waals surface area contributed by atoms with Gasteiger partial charge in [0.2, 0.25) is 5.91 Å². The van der Waals surface area contributed by atoms with Gasteiger partial charge >= 0.3 is 0 Å². The molecule has 21 heavy (non-hydrogen) atoms. The van der Waals surface area contributed by atoms with Gasteiger partial charge in [-0.1, -0.05) is 19.1 Å². The van der Waals surface area contributed by atoms with Crippen LogP contribution >= 0.6 is 0 Å². The molecule has 1 heterocycles. The van der Waals surface area contributed by atoms with E-state index in [4.69, 9.17) is 4.74 Å². The van der Waals surface area contributed by atoms with Crippen molar-refractivity contribution in [3.05, 3.63) is 29.8 Å². The predicted molar refractivity (Wildman–Crippen MR) is 84.5 cm³/mol. The Morgan fingerprint density at radius 2 is 2.33 bits per heavy atom. The smallest absolute Gasteiger partial charge is 0.238 e. The van der Waals surface area contributed by atoms with Gasteiger partial charge in [-0.2, -0.15) is 0 Å². The summed E-state index contributed by atoms with van der Waals surface area (Å²) in [6.45, 7) is 8.93. The van der Waals surface area contributed by atoms with Crippen molar-refractivity contribution in [2.45, 2.75) is 20.0 Å². The third-order valence-electron chi connectivity index (χ3n) is 3.63. The number of hydrogen-bond acceptors (Lipinski definition) is 4. The van der Waals surface area contributed by atoms with E-state index in [0.717, 1.165) is 37.5 Å². The molecule has 1 aliphatic rings. The van der Waals surface area contributed by atoms with Crippen LogP contribution in [0.1, 0.15) is 12.5 Å². The van der Waals surface area contributed by atoms with Crippen LogP contribution in [0.3, 0.4) is 0 Å². The maximum absolute atomic E-state index is 11.9. The number of amides is 1. The molecule has 0 aliphatic carbocycles. The van der Waals surface area contributed by atoms with Gasteiger partial charge in [-0.05, 0) is 31.2 Å². The summed E-state index contributed by atoms with van der Waals surface area (Å²) in [6, 6.07) is 7.80. The third kappa shape index (κ3) is 5.46. The van der Waals surface area contributed by atoms with E-state index in [1.807, 2.05) is 31.2 Å². The first-order chi connectivity index (χ1) is 10.2. The summed E-state index contributed by atoms with van der Waals surface area (Å²) in [4.78, 5) is 14.2. The third-order valence-corrected chi connectivity index (χ3v) is 3.63. The van der Waals surface area contributed by atoms with Crippen LogP contribution in [0.5, 0.6) is 0 Å². The maximum atomic E-state index is 11.9. The molecule has 1 aliphatic heterocycles. The summed E-state index contributed by atoms with van der Waals surface area (Å²) < 4.78 is 5.69. The highest BCUT2D eigenvalue weighted by Crippen LogP contribution is 2.09. The fraction of sp³-hybridized carbons (Fsp3) is 0.562. The Morgan fingerprint density at radius 1 is 1.48 bits per heavy atom. The van der Waals surface area contributed by atoms with Crippen LogP contribution in [0.15, 0.2) is 24.3 Å². The lowest BCUT2D eigenvalue weighted by Gasteiger charge is -2.32. The number of carbonyl (C=O) groups is 1. The maximum Gasteiger partial charge on any atom is 0.238 e. The molecule has 1 aromatic carbocycles. The van der Waals surface area contributed by atoms with Gasteiger partial charge in [0.1, 0.15) is 0 Å². The SMILES string of the molecule is CCN1CCOC(CNCC(=O)Nc2cccc(C)c2)C1. The van der Waals surface area contributed by atoms with E-state index in [1.54, 1.807) is 0 Å². The van der Waals surface area contributed by atoms with Crippen molar-refractivity contribution in [1.29, 1.82) is 0 Å². The minimum Gasteiger partial charge on any atom is -0.374 e. The second-order valence-electron chi connectivity index (χ2n) is 5.43. The molecule has 0 spiro atoms. The Labute approximate surface area is 126 Å². The van der Waals surface area contributed by atoms with Crippen LogP contribution in [0.4, 0.5) is 5.69 Å². The van der Waals surface area contributed by atoms with Crippen LogP contribution in [-0.4, -0.2) is 56.2 Å². The average molecular weight is 291 g/mol. The van der Waals surface area contributed by atoms with Gasteiger partial charge in [0.05, 0.1) is 19.3 Å². The van der Waals surface area contributed by atoms with Gasteiger partial charge in [0.25, 0.3) is 0 Å². The number of ether oxygens (including phenoxy) is 1. The first kappa shape index (κ1) is 15.9. The molecule has 5 nitrogen and oxygen atoms in total. The van der Waals surface area contributed by atoms with Crippen LogP contribution in [0.25, 0.3) is 0 Å². The second kappa shape index (κ2) is 8.12. The number of carbonyl (C=O) groups excluding carboxylic acids is 1. The summed E-state index contributed by atoms with van der Waals surface area (Å²) in [5.74, 6) is -0.0243. The molecule has 0 saturated carbocycles. The standard InChI is InChI=1S/C16H25N3O2/c1-3-19-7-8-21-15(12-19)10-17-11-16(20)18-14-6-4-5-13(2)9-14/h4-6,9,15,17H,3,7-8,10-12H2,1-2H3,(H,18,20). The molecule has 116 valence electrons. The number of morpholine rings is 1. The molecule has 1 aromatic rings. The zero-order valence-electron chi connectivity index (χ0n) is 12.9. The minimum absolute atomic E-state index is 0.0243. The van der Waals surface area contributed by atoms with Gasteiger partial charge in [-0.25, -0.2) is 0 Å². The Morgan fingerprint density at radius 3 is 3.10 bits per heavy atom. The van der Waals surface area contributed by atoms with Crippen LogP contribution in [0.2, 0.25) is 0 Å². The number of aryl methyl sites for hydroxylation is 1. The van der Waals surface area contributed by atoms with Gasteiger partial charge in [0.15, 0.2) is 0 Å². The second-order valence-corrected chi connectivity index (χ2v) is 5.43. The van der Waals surface area contributed by atoms with Crippen LogP contribution < -0.4 is 10.6 Å². The number of rotatable bonds is 6. The Balaban J connectivity index is 1.67. The van der Waals surface area contributed by atoms with Crippen molar-refractivity contribution in [2.24, 2.45) is 0 Å². The highest BCUT2D eigenvalue weighted by molar-refractivity contribution is 5.92. The minimum atomic E-state index is -0.0243. The molecular weight excluding hydrogens is 266 g/mol. The van der Waals surface area contributed by atoms with Gasteiger partial charge in [-0.15, -0.1) is 0 Å². The van der Waals surface area contributed by atoms with E-state index in [1.165, 1.54) is 0 Å². The van der Waals surface area contributed by atoms with E-state index in [-0.39, 0.29) is 12.0 Å². The predicted octanol–water partition coefficient (Wildman–Crippen LogP) is 1.24. The number of likely N-dealkylation sites (N-methyl/N-ethyl adjacent to an activating group) is 1. The van der Waals surface area contributed by atoms with E-state index in [9.17, 15) is 4.79 Å². The lowest BCUT2D eigenvalue weighted by molar-refractivity contribution is -0.115. The first-order valence-corrected chi connectivity index (χ1v) is 7.58. The van der Waals surface area contributed by atoms with Crippen molar-refractivity contribution < 1.29 is 9.53 Å². The molecule has 1 fully saturated rings. The monoisotopic (exact) mass is 291 g/mol. The normalized spacial score (nSPS) is 19.4. The molecule has 1 unspecified atom stereocenters. The van der Waals surface area contributed by atoms with E-state index >= 15 is 0 Å². The zero-order valence-corrected chi connectivity index (χ0v) is 12.9. The molecule has 1 atom stereocenters.